The van der Waals surface area contributed by atoms with Gasteiger partial charge in [0.2, 0.25) is 0 Å². The lowest BCUT2D eigenvalue weighted by atomic mass is 10.1. The fraction of sp³-hybridized carbons (Fsp3) is 0.231. The number of benzene rings is 1. The van der Waals surface area contributed by atoms with Crippen LogP contribution in [0.25, 0.3) is 11.3 Å². The molecule has 1 aromatic heterocycles. The van der Waals surface area contributed by atoms with Gasteiger partial charge in [-0.25, -0.2) is 9.07 Å². The number of aromatic hydroxyl groups is 1. The Morgan fingerprint density at radius 2 is 2.11 bits per heavy atom. The Balaban J connectivity index is 2.07. The first-order valence-corrected chi connectivity index (χ1v) is 5.94. The Morgan fingerprint density at radius 1 is 1.32 bits per heavy atom. The van der Waals surface area contributed by atoms with Crippen molar-refractivity contribution in [3.8, 4) is 17.0 Å². The maximum absolute atomic E-state index is 13.0. The minimum Gasteiger partial charge on any atom is -0.507 e. The first-order valence-electron chi connectivity index (χ1n) is 5.94. The van der Waals surface area contributed by atoms with Crippen LogP contribution >= 0.6 is 0 Å². The summed E-state index contributed by atoms with van der Waals surface area (Å²) in [6, 6.07) is 6.69. The highest BCUT2D eigenvalue weighted by molar-refractivity contribution is 5.66. The van der Waals surface area contributed by atoms with Gasteiger partial charge in [-0.15, -0.1) is 0 Å². The SMILES string of the molecule is O=c1ccc(-c2ccc(F)cc2O)nn1C1CNC1. The third kappa shape index (κ3) is 2.10. The third-order valence-electron chi connectivity index (χ3n) is 3.17. The zero-order chi connectivity index (χ0) is 13.4. The number of hydrogen-bond acceptors (Lipinski definition) is 4. The van der Waals surface area contributed by atoms with Gasteiger partial charge < -0.3 is 10.4 Å². The molecule has 2 aromatic rings. The van der Waals surface area contributed by atoms with Crippen LogP contribution in [0, 0.1) is 5.82 Å². The summed E-state index contributed by atoms with van der Waals surface area (Å²) in [6.07, 6.45) is 0. The lowest BCUT2D eigenvalue weighted by Gasteiger charge is -2.27. The number of phenols is 1. The summed E-state index contributed by atoms with van der Waals surface area (Å²) in [7, 11) is 0. The average Bonchev–Trinajstić information content (AvgIpc) is 2.30. The standard InChI is InChI=1S/C13H12FN3O2/c14-8-1-2-10(12(18)5-8)11-3-4-13(19)17(16-11)9-6-15-7-9/h1-5,9,15,18H,6-7H2. The lowest BCUT2D eigenvalue weighted by molar-refractivity contribution is 0.307. The molecule has 2 heterocycles. The van der Waals surface area contributed by atoms with Gasteiger partial charge in [0.1, 0.15) is 11.6 Å². The highest BCUT2D eigenvalue weighted by atomic mass is 19.1. The number of nitrogens with zero attached hydrogens (tertiary/aromatic N) is 2. The maximum Gasteiger partial charge on any atom is 0.267 e. The topological polar surface area (TPSA) is 67.1 Å². The fourth-order valence-electron chi connectivity index (χ4n) is 2.00. The second-order valence-corrected chi connectivity index (χ2v) is 4.47. The van der Waals surface area contributed by atoms with E-state index < -0.39 is 5.82 Å². The Kier molecular flexibility index (Phi) is 2.79. The molecule has 0 radical (unpaired) electrons. The molecule has 2 N–H and O–H groups in total. The van der Waals surface area contributed by atoms with Crippen molar-refractivity contribution < 1.29 is 9.50 Å². The molecule has 98 valence electrons. The molecule has 0 unspecified atom stereocenters. The Morgan fingerprint density at radius 3 is 2.74 bits per heavy atom. The van der Waals surface area contributed by atoms with E-state index in [0.29, 0.717) is 24.3 Å². The maximum atomic E-state index is 13.0. The largest absolute Gasteiger partial charge is 0.507 e. The molecule has 1 aliphatic rings. The number of hydrogen-bond donors (Lipinski definition) is 2. The van der Waals surface area contributed by atoms with Gasteiger partial charge in [-0.2, -0.15) is 5.10 Å². The molecule has 0 atom stereocenters. The van der Waals surface area contributed by atoms with Gasteiger partial charge in [-0.3, -0.25) is 4.79 Å². The van der Waals surface area contributed by atoms with Crippen molar-refractivity contribution in [2.45, 2.75) is 6.04 Å². The molecule has 6 heteroatoms. The van der Waals surface area contributed by atoms with E-state index in [9.17, 15) is 14.3 Å². The van der Waals surface area contributed by atoms with Crippen LogP contribution in [0.3, 0.4) is 0 Å². The van der Waals surface area contributed by atoms with Crippen LogP contribution in [0.2, 0.25) is 0 Å². The van der Waals surface area contributed by atoms with Gasteiger partial charge in [0.25, 0.3) is 5.56 Å². The molecular weight excluding hydrogens is 249 g/mol. The van der Waals surface area contributed by atoms with Crippen LogP contribution < -0.4 is 10.9 Å². The van der Waals surface area contributed by atoms with Crippen LogP contribution in [0.5, 0.6) is 5.75 Å². The highest BCUT2D eigenvalue weighted by Gasteiger charge is 2.21. The van der Waals surface area contributed by atoms with E-state index in [2.05, 4.69) is 10.4 Å². The van der Waals surface area contributed by atoms with E-state index in [1.807, 2.05) is 0 Å². The molecule has 19 heavy (non-hydrogen) atoms. The Labute approximate surface area is 108 Å². The summed E-state index contributed by atoms with van der Waals surface area (Å²) in [5.41, 5.74) is 0.670. The summed E-state index contributed by atoms with van der Waals surface area (Å²) in [5, 5.41) is 17.0. The number of phenolic OH excluding ortho intramolecular Hbond substituents is 1. The molecule has 1 fully saturated rings. The number of aromatic nitrogens is 2. The van der Waals surface area contributed by atoms with Crippen molar-refractivity contribution >= 4 is 0 Å². The Hall–Kier alpha value is -2.21. The van der Waals surface area contributed by atoms with Gasteiger partial charge in [-0.1, -0.05) is 0 Å². The molecule has 3 rings (SSSR count). The van der Waals surface area contributed by atoms with Crippen molar-refractivity contribution in [2.75, 3.05) is 13.1 Å². The normalized spacial score (nSPS) is 15.2. The summed E-state index contributed by atoms with van der Waals surface area (Å²) in [5.74, 6) is -0.706. The quantitative estimate of drug-likeness (QED) is 0.843. The van der Waals surface area contributed by atoms with E-state index in [-0.39, 0.29) is 17.4 Å². The molecule has 1 aliphatic heterocycles. The predicted molar refractivity (Wildman–Crippen MR) is 67.5 cm³/mol. The van der Waals surface area contributed by atoms with E-state index in [1.165, 1.54) is 28.9 Å². The molecule has 0 bridgehead atoms. The van der Waals surface area contributed by atoms with Crippen LogP contribution in [0.1, 0.15) is 6.04 Å². The van der Waals surface area contributed by atoms with E-state index >= 15 is 0 Å². The molecule has 1 aromatic carbocycles. The van der Waals surface area contributed by atoms with Crippen molar-refractivity contribution in [3.05, 3.63) is 46.5 Å². The monoisotopic (exact) mass is 261 g/mol. The summed E-state index contributed by atoms with van der Waals surface area (Å²) in [6.45, 7) is 1.40. The second-order valence-electron chi connectivity index (χ2n) is 4.47. The summed E-state index contributed by atoms with van der Waals surface area (Å²) >= 11 is 0. The first-order chi connectivity index (χ1) is 9.15. The van der Waals surface area contributed by atoms with Crippen LogP contribution in [-0.2, 0) is 0 Å². The van der Waals surface area contributed by atoms with Gasteiger partial charge >= 0.3 is 0 Å². The van der Waals surface area contributed by atoms with Crippen molar-refractivity contribution in [2.24, 2.45) is 0 Å². The fourth-order valence-corrected chi connectivity index (χ4v) is 2.00. The van der Waals surface area contributed by atoms with Gasteiger partial charge in [0.05, 0.1) is 11.7 Å². The minimum atomic E-state index is -0.516. The van der Waals surface area contributed by atoms with Gasteiger partial charge in [-0.05, 0) is 18.2 Å². The summed E-state index contributed by atoms with van der Waals surface area (Å²) in [4.78, 5) is 11.7. The average molecular weight is 261 g/mol. The lowest BCUT2D eigenvalue weighted by Crippen LogP contribution is -2.47. The zero-order valence-electron chi connectivity index (χ0n) is 10.0. The predicted octanol–water partition coefficient (Wildman–Crippen LogP) is 0.899. The smallest absolute Gasteiger partial charge is 0.267 e. The van der Waals surface area contributed by atoms with E-state index in [0.717, 1.165) is 6.07 Å². The number of halogens is 1. The number of rotatable bonds is 2. The number of nitrogens with one attached hydrogen (secondary N) is 1. The first kappa shape index (κ1) is 11.9. The molecule has 0 spiro atoms. The molecule has 5 nitrogen and oxygen atoms in total. The van der Waals surface area contributed by atoms with Crippen molar-refractivity contribution in [3.63, 3.8) is 0 Å². The second kappa shape index (κ2) is 4.47. The highest BCUT2D eigenvalue weighted by Crippen LogP contribution is 2.27. The molecule has 0 aliphatic carbocycles. The summed E-state index contributed by atoms with van der Waals surface area (Å²) < 4.78 is 14.4. The molecule has 1 saturated heterocycles. The molecule has 0 amide bonds. The van der Waals surface area contributed by atoms with Crippen LogP contribution in [0.15, 0.2) is 35.1 Å². The van der Waals surface area contributed by atoms with Crippen LogP contribution in [-0.4, -0.2) is 28.0 Å². The minimum absolute atomic E-state index is 0.0371. The molecule has 0 saturated carbocycles. The van der Waals surface area contributed by atoms with Gasteiger partial charge in [0, 0.05) is 30.8 Å². The molecular formula is C13H12FN3O2. The van der Waals surface area contributed by atoms with E-state index in [1.54, 1.807) is 0 Å². The Bertz CT molecular complexity index is 680. The van der Waals surface area contributed by atoms with E-state index in [4.69, 9.17) is 0 Å². The third-order valence-corrected chi connectivity index (χ3v) is 3.17. The van der Waals surface area contributed by atoms with Crippen molar-refractivity contribution in [1.29, 1.82) is 0 Å². The van der Waals surface area contributed by atoms with Crippen molar-refractivity contribution in [1.82, 2.24) is 15.1 Å². The van der Waals surface area contributed by atoms with Crippen LogP contribution in [0.4, 0.5) is 4.39 Å². The zero-order valence-corrected chi connectivity index (χ0v) is 10.0. The van der Waals surface area contributed by atoms with Gasteiger partial charge in [0.15, 0.2) is 0 Å².